The van der Waals surface area contributed by atoms with Crippen molar-refractivity contribution in [2.45, 2.75) is 12.5 Å². The van der Waals surface area contributed by atoms with Crippen molar-refractivity contribution >= 4 is 24.0 Å². The number of carboxylic acid groups (broad SMARTS) is 1. The van der Waals surface area contributed by atoms with E-state index in [1.807, 2.05) is 0 Å². The van der Waals surface area contributed by atoms with Crippen LogP contribution in [0.3, 0.4) is 0 Å². The molecule has 1 rings (SSSR count). The summed E-state index contributed by atoms with van der Waals surface area (Å²) in [4.78, 5) is 21.2. The van der Waals surface area contributed by atoms with Crippen LogP contribution in [0.15, 0.2) is 18.2 Å². The second kappa shape index (κ2) is 6.10. The fraction of sp³-hybridized carbons (Fsp3) is 0.273. The van der Waals surface area contributed by atoms with Gasteiger partial charge in [-0.2, -0.15) is 0 Å². The van der Waals surface area contributed by atoms with Gasteiger partial charge in [-0.25, -0.2) is 0 Å². The number of ether oxygens (including phenoxy) is 1. The Balaban J connectivity index is 3.15. The van der Waals surface area contributed by atoms with Crippen molar-refractivity contribution in [2.75, 3.05) is 7.11 Å². The smallest absolute Gasteiger partial charge is 0.305 e. The van der Waals surface area contributed by atoms with Crippen LogP contribution in [0.4, 0.5) is 0 Å². The number of carboxylic acids is 1. The third-order valence-electron chi connectivity index (χ3n) is 2.23. The normalized spacial score (nSPS) is 11.6. The molecule has 0 aliphatic heterocycles. The molecule has 6 heteroatoms. The summed E-state index contributed by atoms with van der Waals surface area (Å²) in [5.74, 6) is -0.593. The van der Waals surface area contributed by atoms with E-state index in [4.69, 9.17) is 21.4 Å². The standard InChI is InChI=1S/C11H12ClNO4/c1-17-9-4-2-3-7(12)11(9)8(13-6-14)5-10(15)16/h2-4,6,8H,5H2,1H3,(H,13,14)(H,15,16)/t8-/m1/s1. The van der Waals surface area contributed by atoms with E-state index < -0.39 is 12.0 Å². The highest BCUT2D eigenvalue weighted by Gasteiger charge is 2.21. The van der Waals surface area contributed by atoms with Crippen LogP contribution in [-0.2, 0) is 9.59 Å². The van der Waals surface area contributed by atoms with Gasteiger partial charge < -0.3 is 15.2 Å². The Hall–Kier alpha value is -1.75. The number of rotatable bonds is 6. The monoisotopic (exact) mass is 257 g/mol. The van der Waals surface area contributed by atoms with Gasteiger partial charge in [0, 0.05) is 10.6 Å². The van der Waals surface area contributed by atoms with E-state index >= 15 is 0 Å². The van der Waals surface area contributed by atoms with Crippen LogP contribution in [0.5, 0.6) is 5.75 Å². The van der Waals surface area contributed by atoms with E-state index in [1.165, 1.54) is 7.11 Å². The lowest BCUT2D eigenvalue weighted by Gasteiger charge is -2.18. The van der Waals surface area contributed by atoms with Gasteiger partial charge in [0.2, 0.25) is 6.41 Å². The molecule has 0 bridgehead atoms. The number of amides is 1. The summed E-state index contributed by atoms with van der Waals surface area (Å²) < 4.78 is 5.10. The molecular formula is C11H12ClNO4. The maximum Gasteiger partial charge on any atom is 0.305 e. The van der Waals surface area contributed by atoms with Gasteiger partial charge >= 0.3 is 5.97 Å². The van der Waals surface area contributed by atoms with Crippen molar-refractivity contribution in [3.05, 3.63) is 28.8 Å². The van der Waals surface area contributed by atoms with Crippen LogP contribution in [0.2, 0.25) is 5.02 Å². The summed E-state index contributed by atoms with van der Waals surface area (Å²) in [6.07, 6.45) is 0.176. The summed E-state index contributed by atoms with van der Waals surface area (Å²) in [6, 6.07) is 4.24. The van der Waals surface area contributed by atoms with E-state index in [0.29, 0.717) is 22.7 Å². The number of carbonyl (C=O) groups is 2. The lowest BCUT2D eigenvalue weighted by atomic mass is 10.0. The number of methoxy groups -OCH3 is 1. The van der Waals surface area contributed by atoms with Gasteiger partial charge in [-0.15, -0.1) is 0 Å². The molecular weight excluding hydrogens is 246 g/mol. The van der Waals surface area contributed by atoms with Gasteiger partial charge in [0.25, 0.3) is 0 Å². The van der Waals surface area contributed by atoms with Crippen LogP contribution in [0.1, 0.15) is 18.0 Å². The molecule has 0 saturated heterocycles. The third-order valence-corrected chi connectivity index (χ3v) is 2.56. The van der Waals surface area contributed by atoms with Crippen molar-refractivity contribution in [3.63, 3.8) is 0 Å². The predicted octanol–water partition coefficient (Wildman–Crippen LogP) is 1.61. The number of hydrogen-bond acceptors (Lipinski definition) is 3. The zero-order valence-corrected chi connectivity index (χ0v) is 9.90. The predicted molar refractivity (Wildman–Crippen MR) is 62.2 cm³/mol. The van der Waals surface area contributed by atoms with Crippen LogP contribution in [0.25, 0.3) is 0 Å². The van der Waals surface area contributed by atoms with Crippen molar-refractivity contribution in [3.8, 4) is 5.75 Å². The number of hydrogen-bond donors (Lipinski definition) is 2. The summed E-state index contributed by atoms with van der Waals surface area (Å²) in [6.45, 7) is 0. The molecule has 0 spiro atoms. The Morgan fingerprint density at radius 1 is 1.65 bits per heavy atom. The molecule has 1 amide bonds. The van der Waals surface area contributed by atoms with Gasteiger partial charge in [-0.1, -0.05) is 17.7 Å². The van der Waals surface area contributed by atoms with E-state index in [1.54, 1.807) is 18.2 Å². The molecule has 17 heavy (non-hydrogen) atoms. The van der Waals surface area contributed by atoms with Crippen LogP contribution in [-0.4, -0.2) is 24.6 Å². The average molecular weight is 258 g/mol. The highest BCUT2D eigenvalue weighted by molar-refractivity contribution is 6.31. The third kappa shape index (κ3) is 3.35. The Bertz CT molecular complexity index is 422. The van der Waals surface area contributed by atoms with Crippen LogP contribution in [0, 0.1) is 0 Å². The first-order chi connectivity index (χ1) is 8.10. The minimum absolute atomic E-state index is 0.265. The van der Waals surface area contributed by atoms with E-state index in [-0.39, 0.29) is 6.42 Å². The Labute approximate surface area is 103 Å². The Kier molecular flexibility index (Phi) is 4.78. The Morgan fingerprint density at radius 3 is 2.88 bits per heavy atom. The lowest BCUT2D eigenvalue weighted by molar-refractivity contribution is -0.137. The fourth-order valence-corrected chi connectivity index (χ4v) is 1.83. The number of carbonyl (C=O) groups excluding carboxylic acids is 1. The molecule has 0 unspecified atom stereocenters. The van der Waals surface area contributed by atoms with Crippen molar-refractivity contribution < 1.29 is 19.4 Å². The summed E-state index contributed by atoms with van der Waals surface area (Å²) >= 11 is 5.99. The zero-order chi connectivity index (χ0) is 12.8. The molecule has 0 aliphatic rings. The molecule has 1 atom stereocenters. The number of aliphatic carboxylic acids is 1. The van der Waals surface area contributed by atoms with Crippen molar-refractivity contribution in [1.29, 1.82) is 0 Å². The number of benzene rings is 1. The quantitative estimate of drug-likeness (QED) is 0.759. The SMILES string of the molecule is COc1cccc(Cl)c1[C@@H](CC(=O)O)NC=O. The zero-order valence-electron chi connectivity index (χ0n) is 9.14. The van der Waals surface area contributed by atoms with Gasteiger partial charge in [0.05, 0.1) is 19.6 Å². The molecule has 5 nitrogen and oxygen atoms in total. The Morgan fingerprint density at radius 2 is 2.35 bits per heavy atom. The topological polar surface area (TPSA) is 75.6 Å². The molecule has 0 heterocycles. The second-order valence-corrected chi connectivity index (χ2v) is 3.70. The molecule has 92 valence electrons. The lowest BCUT2D eigenvalue weighted by Crippen LogP contribution is -2.23. The molecule has 0 radical (unpaired) electrons. The van der Waals surface area contributed by atoms with Crippen molar-refractivity contribution in [2.24, 2.45) is 0 Å². The van der Waals surface area contributed by atoms with Crippen LogP contribution < -0.4 is 10.1 Å². The molecule has 2 N–H and O–H groups in total. The number of nitrogens with one attached hydrogen (secondary N) is 1. The first-order valence-electron chi connectivity index (χ1n) is 4.84. The molecule has 1 aromatic carbocycles. The molecule has 0 aromatic heterocycles. The summed E-state index contributed by atoms with van der Waals surface area (Å²) in [5.41, 5.74) is 0.464. The molecule has 0 aliphatic carbocycles. The molecule has 0 saturated carbocycles. The van der Waals surface area contributed by atoms with E-state index in [0.717, 1.165) is 0 Å². The maximum absolute atomic E-state index is 10.7. The van der Waals surface area contributed by atoms with Gasteiger partial charge in [-0.05, 0) is 12.1 Å². The van der Waals surface area contributed by atoms with Gasteiger partial charge in [-0.3, -0.25) is 9.59 Å². The number of halogens is 1. The van der Waals surface area contributed by atoms with E-state index in [9.17, 15) is 9.59 Å². The fourth-order valence-electron chi connectivity index (χ4n) is 1.53. The summed E-state index contributed by atoms with van der Waals surface area (Å²) in [5, 5.41) is 11.6. The highest BCUT2D eigenvalue weighted by atomic mass is 35.5. The summed E-state index contributed by atoms with van der Waals surface area (Å²) in [7, 11) is 1.45. The molecule has 1 aromatic rings. The second-order valence-electron chi connectivity index (χ2n) is 3.29. The van der Waals surface area contributed by atoms with Gasteiger partial charge in [0.1, 0.15) is 5.75 Å². The first-order valence-corrected chi connectivity index (χ1v) is 5.21. The van der Waals surface area contributed by atoms with Gasteiger partial charge in [0.15, 0.2) is 0 Å². The first kappa shape index (κ1) is 13.3. The minimum Gasteiger partial charge on any atom is -0.496 e. The largest absolute Gasteiger partial charge is 0.496 e. The highest BCUT2D eigenvalue weighted by Crippen LogP contribution is 2.33. The molecule has 0 fully saturated rings. The van der Waals surface area contributed by atoms with Crippen molar-refractivity contribution in [1.82, 2.24) is 5.32 Å². The van der Waals surface area contributed by atoms with E-state index in [2.05, 4.69) is 5.32 Å². The van der Waals surface area contributed by atoms with Crippen LogP contribution >= 0.6 is 11.6 Å². The minimum atomic E-state index is -1.04. The average Bonchev–Trinajstić information content (AvgIpc) is 2.27. The maximum atomic E-state index is 10.7.